The van der Waals surface area contributed by atoms with Crippen LogP contribution in [0.3, 0.4) is 0 Å². The number of piperidine rings is 1. The van der Waals surface area contributed by atoms with Crippen molar-refractivity contribution in [2.24, 2.45) is 21.9 Å². The first-order valence-electron chi connectivity index (χ1n) is 13.3. The van der Waals surface area contributed by atoms with Crippen molar-refractivity contribution in [1.82, 2.24) is 14.1 Å². The molecule has 0 aromatic heterocycles. The third-order valence-electron chi connectivity index (χ3n) is 7.18. The fourth-order valence-corrected chi connectivity index (χ4v) is 6.23. The van der Waals surface area contributed by atoms with Crippen molar-refractivity contribution in [3.8, 4) is 0 Å². The topological polar surface area (TPSA) is 172 Å². The SMILES string of the molecule is CC(=O)OCC(=O)N=NCN1CCC(CN([C@H](Cc2ccccc2)C(=O)N2CCC[C@H]2C(N)=O)S(C)(=O)=O)CC1. The van der Waals surface area contributed by atoms with Crippen molar-refractivity contribution < 1.29 is 32.3 Å². The lowest BCUT2D eigenvalue weighted by molar-refractivity contribution is -0.145. The summed E-state index contributed by atoms with van der Waals surface area (Å²) in [4.78, 5) is 51.6. The molecule has 1 aromatic carbocycles. The maximum absolute atomic E-state index is 13.8. The molecule has 0 radical (unpaired) electrons. The van der Waals surface area contributed by atoms with E-state index in [9.17, 15) is 27.6 Å². The Balaban J connectivity index is 1.69. The monoisotopic (exact) mass is 578 g/mol. The molecule has 40 heavy (non-hydrogen) atoms. The van der Waals surface area contributed by atoms with Gasteiger partial charge in [0, 0.05) is 33.1 Å². The highest BCUT2D eigenvalue weighted by molar-refractivity contribution is 7.88. The zero-order chi connectivity index (χ0) is 29.3. The third kappa shape index (κ3) is 9.17. The molecule has 0 saturated carbocycles. The van der Waals surface area contributed by atoms with Gasteiger partial charge in [-0.15, -0.1) is 5.11 Å². The summed E-state index contributed by atoms with van der Waals surface area (Å²) in [7, 11) is -3.80. The number of benzene rings is 1. The number of hydrogen-bond donors (Lipinski definition) is 1. The van der Waals surface area contributed by atoms with Crippen molar-refractivity contribution in [2.45, 2.75) is 51.1 Å². The molecule has 14 heteroatoms. The number of nitrogens with two attached hydrogens (primary N) is 1. The zero-order valence-corrected chi connectivity index (χ0v) is 23.8. The molecule has 2 aliphatic heterocycles. The molecular formula is C26H38N6O7S. The van der Waals surface area contributed by atoms with Crippen LogP contribution in [0, 0.1) is 5.92 Å². The molecule has 2 fully saturated rings. The number of ether oxygens (including phenoxy) is 1. The Bertz CT molecular complexity index is 1190. The average Bonchev–Trinajstić information content (AvgIpc) is 3.40. The van der Waals surface area contributed by atoms with Crippen LogP contribution in [0.4, 0.5) is 0 Å². The number of primary amides is 1. The fraction of sp³-hybridized carbons (Fsp3) is 0.615. The first-order valence-corrected chi connectivity index (χ1v) is 15.2. The summed E-state index contributed by atoms with van der Waals surface area (Å²) in [6.45, 7) is 2.65. The Kier molecular flexibility index (Phi) is 11.3. The van der Waals surface area contributed by atoms with E-state index in [0.29, 0.717) is 45.3 Å². The van der Waals surface area contributed by atoms with Crippen LogP contribution in [0.15, 0.2) is 40.6 Å². The highest BCUT2D eigenvalue weighted by Crippen LogP contribution is 2.26. The number of carbonyl (C=O) groups is 4. The van der Waals surface area contributed by atoms with Crippen molar-refractivity contribution in [3.05, 3.63) is 35.9 Å². The van der Waals surface area contributed by atoms with Gasteiger partial charge < -0.3 is 15.4 Å². The quantitative estimate of drug-likeness (QED) is 0.277. The average molecular weight is 579 g/mol. The van der Waals surface area contributed by atoms with E-state index >= 15 is 0 Å². The lowest BCUT2D eigenvalue weighted by Crippen LogP contribution is -2.56. The molecule has 0 aliphatic carbocycles. The Morgan fingerprint density at radius 2 is 1.77 bits per heavy atom. The standard InChI is InChI=1S/C26H38N6O7S/c1-19(33)39-17-24(34)29-28-18-30-13-10-21(11-14-30)16-32(40(2,37)38)23(15-20-7-4-3-5-8-20)26(36)31-12-6-9-22(31)25(27)35/h3-5,7-8,21-23H,6,9-18H2,1-2H3,(H2,27,35)/t22-,23+/m0/s1. The third-order valence-corrected chi connectivity index (χ3v) is 8.44. The van der Waals surface area contributed by atoms with E-state index in [-0.39, 0.29) is 25.6 Å². The zero-order valence-electron chi connectivity index (χ0n) is 23.0. The van der Waals surface area contributed by atoms with Crippen LogP contribution >= 0.6 is 0 Å². The first kappa shape index (κ1) is 31.3. The van der Waals surface area contributed by atoms with Gasteiger partial charge in [0.05, 0.1) is 6.26 Å². The van der Waals surface area contributed by atoms with E-state index < -0.39 is 52.4 Å². The van der Waals surface area contributed by atoms with E-state index in [4.69, 9.17) is 5.73 Å². The summed E-state index contributed by atoms with van der Waals surface area (Å²) < 4.78 is 32.1. The van der Waals surface area contributed by atoms with Gasteiger partial charge in [0.2, 0.25) is 21.8 Å². The lowest BCUT2D eigenvalue weighted by Gasteiger charge is -2.37. The van der Waals surface area contributed by atoms with Crippen LogP contribution in [-0.4, -0.2) is 104 Å². The van der Waals surface area contributed by atoms with Gasteiger partial charge in [-0.2, -0.15) is 9.42 Å². The van der Waals surface area contributed by atoms with Crippen LogP contribution < -0.4 is 5.73 Å². The van der Waals surface area contributed by atoms with Gasteiger partial charge in [0.1, 0.15) is 18.8 Å². The molecule has 13 nitrogen and oxygen atoms in total. The fourth-order valence-electron chi connectivity index (χ4n) is 5.12. The molecule has 3 rings (SSSR count). The first-order chi connectivity index (χ1) is 19.0. The molecule has 3 amide bonds. The second-order valence-electron chi connectivity index (χ2n) is 10.2. The second-order valence-corrected chi connectivity index (χ2v) is 12.2. The van der Waals surface area contributed by atoms with E-state index in [1.807, 2.05) is 35.2 Å². The molecule has 2 aliphatic rings. The number of rotatable bonds is 12. The van der Waals surface area contributed by atoms with Gasteiger partial charge >= 0.3 is 11.9 Å². The number of amides is 3. The second kappa shape index (κ2) is 14.4. The minimum Gasteiger partial charge on any atom is -0.456 e. The number of carbonyl (C=O) groups excluding carboxylic acids is 4. The van der Waals surface area contributed by atoms with E-state index in [0.717, 1.165) is 11.8 Å². The molecule has 220 valence electrons. The van der Waals surface area contributed by atoms with E-state index in [1.165, 1.54) is 16.1 Å². The van der Waals surface area contributed by atoms with Crippen molar-refractivity contribution >= 4 is 33.7 Å². The Morgan fingerprint density at radius 1 is 1.10 bits per heavy atom. The van der Waals surface area contributed by atoms with Gasteiger partial charge in [-0.3, -0.25) is 24.1 Å². The molecular weight excluding hydrogens is 540 g/mol. The summed E-state index contributed by atoms with van der Waals surface area (Å²) >= 11 is 0. The summed E-state index contributed by atoms with van der Waals surface area (Å²) in [5.74, 6) is -2.24. The summed E-state index contributed by atoms with van der Waals surface area (Å²) in [5.41, 5.74) is 6.37. The number of azo groups is 1. The number of esters is 1. The highest BCUT2D eigenvalue weighted by Gasteiger charge is 2.41. The molecule has 2 saturated heterocycles. The predicted molar refractivity (Wildman–Crippen MR) is 145 cm³/mol. The number of sulfonamides is 1. The van der Waals surface area contributed by atoms with Gasteiger partial charge in [-0.25, -0.2) is 8.42 Å². The minimum absolute atomic E-state index is 0.00917. The van der Waals surface area contributed by atoms with Gasteiger partial charge in [0.25, 0.3) is 0 Å². The smallest absolute Gasteiger partial charge is 0.303 e. The molecule has 0 unspecified atom stereocenters. The Morgan fingerprint density at radius 3 is 2.38 bits per heavy atom. The lowest BCUT2D eigenvalue weighted by atomic mass is 9.96. The molecule has 0 bridgehead atoms. The van der Waals surface area contributed by atoms with E-state index in [2.05, 4.69) is 15.0 Å². The Hall–Kier alpha value is -3.23. The van der Waals surface area contributed by atoms with Gasteiger partial charge in [0.15, 0.2) is 6.61 Å². The maximum atomic E-state index is 13.8. The number of nitrogens with zero attached hydrogens (tertiary/aromatic N) is 5. The maximum Gasteiger partial charge on any atom is 0.303 e. The molecule has 1 aromatic rings. The summed E-state index contributed by atoms with van der Waals surface area (Å²) in [5, 5.41) is 7.41. The van der Waals surface area contributed by atoms with Crippen LogP contribution in [0.2, 0.25) is 0 Å². The highest BCUT2D eigenvalue weighted by atomic mass is 32.2. The molecule has 2 N–H and O–H groups in total. The molecule has 2 atom stereocenters. The van der Waals surface area contributed by atoms with Gasteiger partial charge in [-0.05, 0) is 43.6 Å². The summed E-state index contributed by atoms with van der Waals surface area (Å²) in [6, 6.07) is 7.46. The largest absolute Gasteiger partial charge is 0.456 e. The van der Waals surface area contributed by atoms with Gasteiger partial charge in [-0.1, -0.05) is 30.3 Å². The van der Waals surface area contributed by atoms with Crippen LogP contribution in [0.5, 0.6) is 0 Å². The van der Waals surface area contributed by atoms with Crippen LogP contribution in [0.25, 0.3) is 0 Å². The van der Waals surface area contributed by atoms with Crippen molar-refractivity contribution in [1.29, 1.82) is 0 Å². The van der Waals surface area contributed by atoms with E-state index in [1.54, 1.807) is 0 Å². The summed E-state index contributed by atoms with van der Waals surface area (Å²) in [6.07, 6.45) is 3.68. The predicted octanol–water partition coefficient (Wildman–Crippen LogP) is 0.547. The number of hydrogen-bond acceptors (Lipinski definition) is 9. The Labute approximate surface area is 234 Å². The van der Waals surface area contributed by atoms with Crippen molar-refractivity contribution in [3.63, 3.8) is 0 Å². The molecule has 0 spiro atoms. The number of likely N-dealkylation sites (tertiary alicyclic amines) is 2. The van der Waals surface area contributed by atoms with Crippen LogP contribution in [-0.2, 0) is 40.4 Å². The molecule has 2 heterocycles. The normalized spacial score (nSPS) is 19.7. The van der Waals surface area contributed by atoms with Crippen molar-refractivity contribution in [2.75, 3.05) is 45.7 Å². The van der Waals surface area contributed by atoms with Crippen LogP contribution in [0.1, 0.15) is 38.2 Å². The minimum atomic E-state index is -3.80.